The summed E-state index contributed by atoms with van der Waals surface area (Å²) in [5, 5.41) is 14.5. The molecule has 0 unspecified atom stereocenters. The summed E-state index contributed by atoms with van der Waals surface area (Å²) in [6, 6.07) is 5.79. The first-order valence-electron chi connectivity index (χ1n) is 6.88. The average molecular weight is 310 g/mol. The van der Waals surface area contributed by atoms with Crippen LogP contribution in [0.2, 0.25) is 0 Å². The third-order valence-corrected chi connectivity index (χ3v) is 3.37. The molecular formula is C15H14N6O2. The van der Waals surface area contributed by atoms with Crippen LogP contribution in [-0.4, -0.2) is 24.4 Å². The summed E-state index contributed by atoms with van der Waals surface area (Å²) in [4.78, 5) is 23.0. The van der Waals surface area contributed by atoms with Gasteiger partial charge < -0.3 is 5.32 Å². The summed E-state index contributed by atoms with van der Waals surface area (Å²) in [5.74, 6) is 0.301. The normalized spacial score (nSPS) is 10.5. The molecule has 0 aliphatic heterocycles. The van der Waals surface area contributed by atoms with Crippen molar-refractivity contribution in [3.8, 4) is 5.82 Å². The Bertz CT molecular complexity index is 860. The summed E-state index contributed by atoms with van der Waals surface area (Å²) in [6.07, 6.45) is 5.86. The minimum absolute atomic E-state index is 0.139. The fourth-order valence-corrected chi connectivity index (χ4v) is 2.28. The van der Waals surface area contributed by atoms with Crippen LogP contribution in [0.5, 0.6) is 0 Å². The van der Waals surface area contributed by atoms with Crippen LogP contribution in [0.4, 0.5) is 17.2 Å². The first kappa shape index (κ1) is 14.6. The van der Waals surface area contributed by atoms with E-state index in [9.17, 15) is 10.1 Å². The van der Waals surface area contributed by atoms with E-state index in [1.807, 2.05) is 32.0 Å². The van der Waals surface area contributed by atoms with Crippen molar-refractivity contribution in [2.75, 3.05) is 5.32 Å². The lowest BCUT2D eigenvalue weighted by atomic mass is 10.1. The van der Waals surface area contributed by atoms with Gasteiger partial charge in [0.1, 0.15) is 12.7 Å². The maximum Gasteiger partial charge on any atom is 0.354 e. The van der Waals surface area contributed by atoms with E-state index in [1.54, 1.807) is 6.20 Å². The molecule has 0 amide bonds. The molecule has 8 nitrogen and oxygen atoms in total. The summed E-state index contributed by atoms with van der Waals surface area (Å²) < 4.78 is 1.48. The monoisotopic (exact) mass is 310 g/mol. The summed E-state index contributed by atoms with van der Waals surface area (Å²) in [6.45, 7) is 3.92. The molecule has 0 fully saturated rings. The number of aromatic nitrogens is 4. The highest BCUT2D eigenvalue weighted by atomic mass is 16.6. The van der Waals surface area contributed by atoms with Gasteiger partial charge >= 0.3 is 5.69 Å². The second-order valence-corrected chi connectivity index (χ2v) is 5.06. The average Bonchev–Trinajstić information content (AvgIpc) is 3.04. The van der Waals surface area contributed by atoms with E-state index in [2.05, 4.69) is 20.3 Å². The minimum atomic E-state index is -0.499. The van der Waals surface area contributed by atoms with Crippen LogP contribution in [-0.2, 0) is 0 Å². The molecule has 0 saturated heterocycles. The molecule has 2 aromatic heterocycles. The number of imidazole rings is 1. The highest BCUT2D eigenvalue weighted by Gasteiger charge is 2.24. The van der Waals surface area contributed by atoms with E-state index < -0.39 is 4.92 Å². The van der Waals surface area contributed by atoms with Crippen LogP contribution in [0.25, 0.3) is 5.82 Å². The number of aryl methyl sites for hydroxylation is 2. The van der Waals surface area contributed by atoms with Gasteiger partial charge in [-0.25, -0.2) is 15.0 Å². The van der Waals surface area contributed by atoms with Crippen molar-refractivity contribution in [3.63, 3.8) is 0 Å². The molecule has 1 aromatic carbocycles. The van der Waals surface area contributed by atoms with Crippen LogP contribution >= 0.6 is 0 Å². The van der Waals surface area contributed by atoms with Gasteiger partial charge in [-0.2, -0.15) is 0 Å². The zero-order valence-corrected chi connectivity index (χ0v) is 12.6. The van der Waals surface area contributed by atoms with Crippen molar-refractivity contribution < 1.29 is 4.92 Å². The van der Waals surface area contributed by atoms with E-state index in [4.69, 9.17) is 0 Å². The lowest BCUT2D eigenvalue weighted by Crippen LogP contribution is -2.07. The zero-order valence-electron chi connectivity index (χ0n) is 12.6. The Kier molecular flexibility index (Phi) is 3.71. The molecule has 3 rings (SSSR count). The molecule has 3 aromatic rings. The molecule has 116 valence electrons. The number of nitrogens with one attached hydrogen (secondary N) is 1. The summed E-state index contributed by atoms with van der Waals surface area (Å²) in [7, 11) is 0. The molecule has 23 heavy (non-hydrogen) atoms. The van der Waals surface area contributed by atoms with Crippen molar-refractivity contribution >= 4 is 17.2 Å². The van der Waals surface area contributed by atoms with Crippen molar-refractivity contribution in [1.29, 1.82) is 0 Å². The molecule has 0 spiro atoms. The lowest BCUT2D eigenvalue weighted by Gasteiger charge is -2.11. The topological polar surface area (TPSA) is 98.8 Å². The number of hydrogen-bond donors (Lipinski definition) is 1. The van der Waals surface area contributed by atoms with Crippen molar-refractivity contribution in [2.24, 2.45) is 0 Å². The minimum Gasteiger partial charge on any atom is -0.334 e. The molecule has 0 aliphatic rings. The van der Waals surface area contributed by atoms with E-state index in [1.165, 1.54) is 23.4 Å². The van der Waals surface area contributed by atoms with Crippen LogP contribution in [0, 0.1) is 24.0 Å². The summed E-state index contributed by atoms with van der Waals surface area (Å²) in [5.41, 5.74) is 2.64. The van der Waals surface area contributed by atoms with Gasteiger partial charge in [0.25, 0.3) is 0 Å². The number of anilines is 2. The van der Waals surface area contributed by atoms with Gasteiger partial charge in [-0.3, -0.25) is 14.7 Å². The number of nitrogens with zero attached hydrogens (tertiary/aromatic N) is 5. The molecule has 2 heterocycles. The van der Waals surface area contributed by atoms with Crippen molar-refractivity contribution in [2.45, 2.75) is 13.8 Å². The van der Waals surface area contributed by atoms with Crippen LogP contribution in [0.3, 0.4) is 0 Å². The second-order valence-electron chi connectivity index (χ2n) is 5.06. The van der Waals surface area contributed by atoms with E-state index in [-0.39, 0.29) is 17.3 Å². The van der Waals surface area contributed by atoms with Crippen molar-refractivity contribution in [3.05, 3.63) is 64.5 Å². The maximum atomic E-state index is 11.5. The molecular weight excluding hydrogens is 296 g/mol. The van der Waals surface area contributed by atoms with Gasteiger partial charge in [-0.1, -0.05) is 17.7 Å². The predicted molar refractivity (Wildman–Crippen MR) is 85.0 cm³/mol. The molecule has 0 bridgehead atoms. The molecule has 8 heteroatoms. The van der Waals surface area contributed by atoms with Crippen LogP contribution in [0.1, 0.15) is 11.1 Å². The van der Waals surface area contributed by atoms with Gasteiger partial charge in [0.05, 0.1) is 4.92 Å². The van der Waals surface area contributed by atoms with Gasteiger partial charge in [0, 0.05) is 18.1 Å². The first-order valence-corrected chi connectivity index (χ1v) is 6.88. The maximum absolute atomic E-state index is 11.5. The Balaban J connectivity index is 2.09. The van der Waals surface area contributed by atoms with Crippen LogP contribution in [0.15, 0.2) is 43.2 Å². The highest BCUT2D eigenvalue weighted by Crippen LogP contribution is 2.31. The van der Waals surface area contributed by atoms with E-state index >= 15 is 0 Å². The van der Waals surface area contributed by atoms with Gasteiger partial charge in [-0.05, 0) is 25.5 Å². The standard InChI is InChI=1S/C15H14N6O2/c1-10-3-4-12(11(2)7-10)19-14-13(21(22)23)15(18-8-17-14)20-6-5-16-9-20/h3-9H,1-2H3,(H,17,18,19). The van der Waals surface area contributed by atoms with E-state index in [0.29, 0.717) is 0 Å². The molecule has 1 N–H and O–H groups in total. The SMILES string of the molecule is Cc1ccc(Nc2ncnc(-n3ccnc3)c2[N+](=O)[O-])c(C)c1. The number of nitro groups is 1. The smallest absolute Gasteiger partial charge is 0.334 e. The predicted octanol–water partition coefficient (Wildman–Crippen LogP) is 2.93. The molecule has 0 aliphatic carbocycles. The third-order valence-electron chi connectivity index (χ3n) is 3.37. The molecule has 0 radical (unpaired) electrons. The fourth-order valence-electron chi connectivity index (χ4n) is 2.28. The number of benzene rings is 1. The third kappa shape index (κ3) is 2.86. The lowest BCUT2D eigenvalue weighted by molar-refractivity contribution is -0.384. The Hall–Kier alpha value is -3.29. The van der Waals surface area contributed by atoms with Crippen molar-refractivity contribution in [1.82, 2.24) is 19.5 Å². The first-order chi connectivity index (χ1) is 11.1. The van der Waals surface area contributed by atoms with Gasteiger partial charge in [-0.15, -0.1) is 0 Å². The zero-order chi connectivity index (χ0) is 16.4. The van der Waals surface area contributed by atoms with Gasteiger partial charge in [0.15, 0.2) is 0 Å². The van der Waals surface area contributed by atoms with Gasteiger partial charge in [0.2, 0.25) is 11.6 Å². The fraction of sp³-hybridized carbons (Fsp3) is 0.133. The highest BCUT2D eigenvalue weighted by molar-refractivity contribution is 5.71. The molecule has 0 saturated carbocycles. The summed E-state index contributed by atoms with van der Waals surface area (Å²) >= 11 is 0. The quantitative estimate of drug-likeness (QED) is 0.587. The largest absolute Gasteiger partial charge is 0.354 e. The number of hydrogen-bond acceptors (Lipinski definition) is 6. The Labute approximate surface area is 132 Å². The Morgan fingerprint density at radius 1 is 1.26 bits per heavy atom. The molecule has 0 atom stereocenters. The second kappa shape index (κ2) is 5.84. The van der Waals surface area contributed by atoms with Crippen LogP contribution < -0.4 is 5.32 Å². The Morgan fingerprint density at radius 3 is 2.74 bits per heavy atom. The number of rotatable bonds is 4. The van der Waals surface area contributed by atoms with E-state index in [0.717, 1.165) is 16.8 Å². The Morgan fingerprint density at radius 2 is 2.09 bits per heavy atom.